The van der Waals surface area contributed by atoms with Crippen LogP contribution in [0, 0.1) is 0 Å². The van der Waals surface area contributed by atoms with Gasteiger partial charge < -0.3 is 10.5 Å². The van der Waals surface area contributed by atoms with Gasteiger partial charge >= 0.3 is 0 Å². The summed E-state index contributed by atoms with van der Waals surface area (Å²) in [6.45, 7) is 0. The number of methoxy groups -OCH3 is 1. The van der Waals surface area contributed by atoms with Crippen LogP contribution in [0.15, 0.2) is 36.4 Å². The Hall–Kier alpha value is -0.930. The fraction of sp³-hybridized carbons (Fsp3) is 0.143. The number of rotatable bonds is 3. The molecule has 0 saturated heterocycles. The summed E-state index contributed by atoms with van der Waals surface area (Å²) >= 11 is 18.3. The van der Waals surface area contributed by atoms with Gasteiger partial charge in [-0.25, -0.2) is 0 Å². The first-order valence-electron chi connectivity index (χ1n) is 5.57. The topological polar surface area (TPSA) is 35.2 Å². The van der Waals surface area contributed by atoms with Crippen molar-refractivity contribution in [2.75, 3.05) is 7.11 Å². The third kappa shape index (κ3) is 3.15. The Morgan fingerprint density at radius 3 is 2.42 bits per heavy atom. The zero-order valence-corrected chi connectivity index (χ0v) is 12.4. The van der Waals surface area contributed by atoms with Gasteiger partial charge in [-0.15, -0.1) is 0 Å². The number of nitrogens with two attached hydrogens (primary N) is 1. The third-order valence-electron chi connectivity index (χ3n) is 2.81. The van der Waals surface area contributed by atoms with Crippen LogP contribution in [0.4, 0.5) is 0 Å². The maximum Gasteiger partial charge on any atom is 0.138 e. The van der Waals surface area contributed by atoms with Crippen molar-refractivity contribution in [3.63, 3.8) is 0 Å². The predicted octanol–water partition coefficient (Wildman–Crippen LogP) is 4.70. The molecule has 0 aliphatic rings. The first-order valence-corrected chi connectivity index (χ1v) is 6.70. The van der Waals surface area contributed by atoms with E-state index in [0.29, 0.717) is 20.8 Å². The lowest BCUT2D eigenvalue weighted by Crippen LogP contribution is -2.12. The number of benzene rings is 2. The minimum atomic E-state index is -0.394. The second-order valence-corrected chi connectivity index (χ2v) is 5.29. The van der Waals surface area contributed by atoms with Crippen molar-refractivity contribution in [3.05, 3.63) is 62.6 Å². The summed E-state index contributed by atoms with van der Waals surface area (Å²) in [5, 5.41) is 1.61. The van der Waals surface area contributed by atoms with Crippen molar-refractivity contribution in [2.24, 2.45) is 5.73 Å². The van der Waals surface area contributed by atoms with Crippen LogP contribution in [0.25, 0.3) is 0 Å². The Kier molecular flexibility index (Phi) is 4.58. The van der Waals surface area contributed by atoms with Crippen molar-refractivity contribution >= 4 is 34.8 Å². The zero-order chi connectivity index (χ0) is 14.0. The van der Waals surface area contributed by atoms with Crippen LogP contribution in [0.5, 0.6) is 5.75 Å². The Morgan fingerprint density at radius 2 is 1.79 bits per heavy atom. The van der Waals surface area contributed by atoms with E-state index in [4.69, 9.17) is 45.3 Å². The summed E-state index contributed by atoms with van der Waals surface area (Å²) in [7, 11) is 1.54. The van der Waals surface area contributed by atoms with Crippen LogP contribution in [-0.4, -0.2) is 7.11 Å². The highest BCUT2D eigenvalue weighted by atomic mass is 35.5. The van der Waals surface area contributed by atoms with E-state index in [1.165, 1.54) is 7.11 Å². The molecule has 0 heterocycles. The molecule has 5 heteroatoms. The van der Waals surface area contributed by atoms with E-state index in [1.54, 1.807) is 24.3 Å². The van der Waals surface area contributed by atoms with Crippen molar-refractivity contribution in [3.8, 4) is 5.75 Å². The highest BCUT2D eigenvalue weighted by molar-refractivity contribution is 6.34. The van der Waals surface area contributed by atoms with Crippen LogP contribution < -0.4 is 10.5 Å². The molecule has 2 nitrogen and oxygen atoms in total. The van der Waals surface area contributed by atoms with E-state index in [1.807, 2.05) is 12.1 Å². The predicted molar refractivity (Wildman–Crippen MR) is 80.5 cm³/mol. The molecule has 0 aliphatic carbocycles. The standard InChI is InChI=1S/C14H12Cl3NO/c1-19-13-7-11(16)10(6-12(13)17)14(18)8-3-2-4-9(15)5-8/h2-7,14H,18H2,1H3. The molecule has 100 valence electrons. The van der Waals surface area contributed by atoms with Crippen LogP contribution >= 0.6 is 34.8 Å². The molecule has 1 unspecified atom stereocenters. The SMILES string of the molecule is COc1cc(Cl)c(C(N)c2cccc(Cl)c2)cc1Cl. The second-order valence-electron chi connectivity index (χ2n) is 4.04. The average molecular weight is 317 g/mol. The van der Waals surface area contributed by atoms with Gasteiger partial charge in [0.1, 0.15) is 5.75 Å². The molecule has 2 aromatic rings. The number of hydrogen-bond acceptors (Lipinski definition) is 2. The summed E-state index contributed by atoms with van der Waals surface area (Å²) in [6.07, 6.45) is 0. The molecule has 0 fully saturated rings. The molecule has 1 atom stereocenters. The molecule has 0 spiro atoms. The van der Waals surface area contributed by atoms with Gasteiger partial charge in [0, 0.05) is 16.1 Å². The number of hydrogen-bond donors (Lipinski definition) is 1. The summed E-state index contributed by atoms with van der Waals surface area (Å²) < 4.78 is 5.11. The van der Waals surface area contributed by atoms with Gasteiger partial charge in [-0.05, 0) is 29.3 Å². The van der Waals surface area contributed by atoms with Crippen LogP contribution in [0.3, 0.4) is 0 Å². The normalized spacial score (nSPS) is 12.3. The quantitative estimate of drug-likeness (QED) is 0.890. The molecule has 0 amide bonds. The lowest BCUT2D eigenvalue weighted by Gasteiger charge is -2.16. The average Bonchev–Trinajstić information content (AvgIpc) is 2.40. The molecular weight excluding hydrogens is 305 g/mol. The van der Waals surface area contributed by atoms with Crippen molar-refractivity contribution in [2.45, 2.75) is 6.04 Å². The summed E-state index contributed by atoms with van der Waals surface area (Å²) in [5.41, 5.74) is 7.81. The van der Waals surface area contributed by atoms with E-state index in [2.05, 4.69) is 0 Å². The molecule has 2 N–H and O–H groups in total. The highest BCUT2D eigenvalue weighted by Gasteiger charge is 2.16. The lowest BCUT2D eigenvalue weighted by atomic mass is 9.99. The Morgan fingerprint density at radius 1 is 1.05 bits per heavy atom. The molecule has 0 aliphatic heterocycles. The fourth-order valence-electron chi connectivity index (χ4n) is 1.82. The van der Waals surface area contributed by atoms with E-state index in [-0.39, 0.29) is 0 Å². The van der Waals surface area contributed by atoms with Gasteiger partial charge in [-0.2, -0.15) is 0 Å². The maximum absolute atomic E-state index is 6.21. The molecule has 2 rings (SSSR count). The third-order valence-corrected chi connectivity index (χ3v) is 3.67. The zero-order valence-electron chi connectivity index (χ0n) is 10.2. The van der Waals surface area contributed by atoms with Gasteiger partial charge in [0.15, 0.2) is 0 Å². The van der Waals surface area contributed by atoms with E-state index in [9.17, 15) is 0 Å². The summed E-state index contributed by atoms with van der Waals surface area (Å²) in [5.74, 6) is 0.522. The van der Waals surface area contributed by atoms with Crippen molar-refractivity contribution in [1.29, 1.82) is 0 Å². The highest BCUT2D eigenvalue weighted by Crippen LogP contribution is 2.35. The fourth-order valence-corrected chi connectivity index (χ4v) is 2.54. The first kappa shape index (κ1) is 14.5. The Balaban J connectivity index is 2.44. The van der Waals surface area contributed by atoms with Gasteiger partial charge in [0.2, 0.25) is 0 Å². The van der Waals surface area contributed by atoms with E-state index in [0.717, 1.165) is 11.1 Å². The second kappa shape index (κ2) is 6.02. The lowest BCUT2D eigenvalue weighted by molar-refractivity contribution is 0.415. The monoisotopic (exact) mass is 315 g/mol. The van der Waals surface area contributed by atoms with Crippen molar-refractivity contribution < 1.29 is 4.74 Å². The van der Waals surface area contributed by atoms with Crippen LogP contribution in [0.2, 0.25) is 15.1 Å². The summed E-state index contributed by atoms with van der Waals surface area (Å²) in [4.78, 5) is 0. The molecule has 19 heavy (non-hydrogen) atoms. The maximum atomic E-state index is 6.21. The largest absolute Gasteiger partial charge is 0.495 e. The number of ether oxygens (including phenoxy) is 1. The van der Waals surface area contributed by atoms with Crippen LogP contribution in [0.1, 0.15) is 17.2 Å². The van der Waals surface area contributed by atoms with Gasteiger partial charge in [-0.1, -0.05) is 46.9 Å². The van der Waals surface area contributed by atoms with Gasteiger partial charge in [0.25, 0.3) is 0 Å². The number of halogens is 3. The Labute approximate surface area is 127 Å². The summed E-state index contributed by atoms with van der Waals surface area (Å²) in [6, 6.07) is 10.3. The van der Waals surface area contributed by atoms with E-state index < -0.39 is 6.04 Å². The van der Waals surface area contributed by atoms with E-state index >= 15 is 0 Å². The molecule has 0 radical (unpaired) electrons. The minimum Gasteiger partial charge on any atom is -0.495 e. The molecule has 0 saturated carbocycles. The molecule has 2 aromatic carbocycles. The van der Waals surface area contributed by atoms with Gasteiger partial charge in [0.05, 0.1) is 18.2 Å². The van der Waals surface area contributed by atoms with Crippen LogP contribution in [-0.2, 0) is 0 Å². The Bertz CT molecular complexity index is 601. The van der Waals surface area contributed by atoms with Gasteiger partial charge in [-0.3, -0.25) is 0 Å². The molecular formula is C14H12Cl3NO. The first-order chi connectivity index (χ1) is 9.02. The minimum absolute atomic E-state index is 0.394. The molecule has 0 bridgehead atoms. The van der Waals surface area contributed by atoms with Crippen molar-refractivity contribution in [1.82, 2.24) is 0 Å². The smallest absolute Gasteiger partial charge is 0.138 e. The molecule has 0 aromatic heterocycles.